The number of aromatic nitrogens is 1. The number of benzene rings is 1. The first kappa shape index (κ1) is 14.9. The molecule has 0 aliphatic heterocycles. The van der Waals surface area contributed by atoms with Crippen molar-refractivity contribution in [3.05, 3.63) is 40.7 Å². The minimum atomic E-state index is -0.236. The van der Waals surface area contributed by atoms with Gasteiger partial charge in [-0.15, -0.1) is 0 Å². The highest BCUT2D eigenvalue weighted by atomic mass is 32.1. The molecule has 0 aliphatic carbocycles. The standard InChI is InChI=1S/C15H20FN3S/c1-4-19(12-7-5-6-11(16)8-12)15-18-14(10(2)3)13(9-17)20-15/h5-8,10H,4,9,17H2,1-3H3. The number of anilines is 2. The van der Waals surface area contributed by atoms with Crippen LogP contribution in [-0.2, 0) is 6.54 Å². The second-order valence-electron chi connectivity index (χ2n) is 4.89. The lowest BCUT2D eigenvalue weighted by Gasteiger charge is -2.19. The molecular weight excluding hydrogens is 273 g/mol. The predicted molar refractivity (Wildman–Crippen MR) is 83.2 cm³/mol. The number of rotatable bonds is 5. The van der Waals surface area contributed by atoms with E-state index in [1.165, 1.54) is 12.1 Å². The third kappa shape index (κ3) is 2.99. The van der Waals surface area contributed by atoms with Gasteiger partial charge in [-0.3, -0.25) is 0 Å². The lowest BCUT2D eigenvalue weighted by atomic mass is 10.1. The van der Waals surface area contributed by atoms with Crippen LogP contribution in [0, 0.1) is 5.82 Å². The molecule has 0 atom stereocenters. The van der Waals surface area contributed by atoms with E-state index < -0.39 is 0 Å². The van der Waals surface area contributed by atoms with E-state index in [2.05, 4.69) is 13.8 Å². The summed E-state index contributed by atoms with van der Waals surface area (Å²) in [6, 6.07) is 6.59. The molecule has 1 aromatic heterocycles. The van der Waals surface area contributed by atoms with Crippen LogP contribution in [-0.4, -0.2) is 11.5 Å². The number of nitrogens with zero attached hydrogens (tertiary/aromatic N) is 2. The van der Waals surface area contributed by atoms with E-state index in [9.17, 15) is 4.39 Å². The van der Waals surface area contributed by atoms with Gasteiger partial charge < -0.3 is 10.6 Å². The van der Waals surface area contributed by atoms with E-state index in [4.69, 9.17) is 10.7 Å². The lowest BCUT2D eigenvalue weighted by molar-refractivity contribution is 0.627. The van der Waals surface area contributed by atoms with Crippen molar-refractivity contribution in [1.29, 1.82) is 0 Å². The fraction of sp³-hybridized carbons (Fsp3) is 0.400. The summed E-state index contributed by atoms with van der Waals surface area (Å²) in [6.07, 6.45) is 0. The van der Waals surface area contributed by atoms with Gasteiger partial charge in [0.15, 0.2) is 5.13 Å². The molecule has 3 nitrogen and oxygen atoms in total. The van der Waals surface area contributed by atoms with Crippen LogP contribution in [0.1, 0.15) is 37.3 Å². The minimum Gasteiger partial charge on any atom is -0.326 e. The summed E-state index contributed by atoms with van der Waals surface area (Å²) in [4.78, 5) is 7.81. The average Bonchev–Trinajstić information content (AvgIpc) is 2.84. The Morgan fingerprint density at radius 3 is 2.65 bits per heavy atom. The van der Waals surface area contributed by atoms with Gasteiger partial charge in [0.2, 0.25) is 0 Å². The molecule has 0 bridgehead atoms. The second kappa shape index (κ2) is 6.33. The van der Waals surface area contributed by atoms with Gasteiger partial charge in [0.05, 0.1) is 5.69 Å². The zero-order valence-corrected chi connectivity index (χ0v) is 12.9. The Labute approximate surface area is 123 Å². The molecule has 0 saturated carbocycles. The van der Waals surface area contributed by atoms with Gasteiger partial charge in [-0.2, -0.15) is 0 Å². The topological polar surface area (TPSA) is 42.2 Å². The van der Waals surface area contributed by atoms with Crippen molar-refractivity contribution in [2.75, 3.05) is 11.4 Å². The fourth-order valence-corrected chi connectivity index (χ4v) is 3.31. The summed E-state index contributed by atoms with van der Waals surface area (Å²) in [7, 11) is 0. The Bertz CT molecular complexity index is 580. The SMILES string of the molecule is CCN(c1cccc(F)c1)c1nc(C(C)C)c(CN)s1. The first-order chi connectivity index (χ1) is 9.56. The maximum atomic E-state index is 13.4. The summed E-state index contributed by atoms with van der Waals surface area (Å²) >= 11 is 1.59. The molecule has 5 heteroatoms. The molecule has 0 radical (unpaired) electrons. The summed E-state index contributed by atoms with van der Waals surface area (Å²) in [5, 5.41) is 0.877. The van der Waals surface area contributed by atoms with Crippen molar-refractivity contribution >= 4 is 22.2 Å². The molecule has 0 amide bonds. The molecule has 2 aromatic rings. The zero-order chi connectivity index (χ0) is 14.7. The molecule has 0 saturated heterocycles. The molecule has 0 fully saturated rings. The molecule has 0 unspecified atom stereocenters. The van der Waals surface area contributed by atoms with E-state index in [0.29, 0.717) is 12.5 Å². The van der Waals surface area contributed by atoms with Crippen LogP contribution < -0.4 is 10.6 Å². The van der Waals surface area contributed by atoms with Crippen LogP contribution in [0.15, 0.2) is 24.3 Å². The van der Waals surface area contributed by atoms with Gasteiger partial charge in [-0.05, 0) is 31.0 Å². The van der Waals surface area contributed by atoms with E-state index in [-0.39, 0.29) is 5.82 Å². The third-order valence-electron chi connectivity index (χ3n) is 3.12. The fourth-order valence-electron chi connectivity index (χ4n) is 2.14. The molecular formula is C15H20FN3S. The van der Waals surface area contributed by atoms with Crippen molar-refractivity contribution < 1.29 is 4.39 Å². The van der Waals surface area contributed by atoms with Crippen LogP contribution in [0.3, 0.4) is 0 Å². The van der Waals surface area contributed by atoms with Crippen LogP contribution in [0.25, 0.3) is 0 Å². The van der Waals surface area contributed by atoms with Crippen LogP contribution in [0.4, 0.5) is 15.2 Å². The largest absolute Gasteiger partial charge is 0.326 e. The van der Waals surface area contributed by atoms with Crippen LogP contribution in [0.5, 0.6) is 0 Å². The molecule has 0 spiro atoms. The normalized spacial score (nSPS) is 11.1. The average molecular weight is 293 g/mol. The van der Waals surface area contributed by atoms with Crippen molar-refractivity contribution in [3.8, 4) is 0 Å². The summed E-state index contributed by atoms with van der Waals surface area (Å²) in [5.74, 6) is 0.102. The Morgan fingerprint density at radius 1 is 1.40 bits per heavy atom. The molecule has 1 aromatic carbocycles. The highest BCUT2D eigenvalue weighted by Gasteiger charge is 2.18. The highest BCUT2D eigenvalue weighted by Crippen LogP contribution is 2.34. The van der Waals surface area contributed by atoms with Gasteiger partial charge in [0.25, 0.3) is 0 Å². The number of hydrogen-bond donors (Lipinski definition) is 1. The van der Waals surface area contributed by atoms with Gasteiger partial charge in [-0.25, -0.2) is 9.37 Å². The van der Waals surface area contributed by atoms with E-state index in [1.54, 1.807) is 17.4 Å². The summed E-state index contributed by atoms with van der Waals surface area (Å²) < 4.78 is 13.4. The number of thiazole rings is 1. The van der Waals surface area contributed by atoms with Crippen molar-refractivity contribution in [2.24, 2.45) is 5.73 Å². The Morgan fingerprint density at radius 2 is 2.15 bits per heavy atom. The van der Waals surface area contributed by atoms with Crippen molar-refractivity contribution in [2.45, 2.75) is 33.2 Å². The summed E-state index contributed by atoms with van der Waals surface area (Å²) in [6.45, 7) is 7.47. The second-order valence-corrected chi connectivity index (χ2v) is 5.95. The van der Waals surface area contributed by atoms with Gasteiger partial charge in [0, 0.05) is 23.7 Å². The maximum Gasteiger partial charge on any atom is 0.190 e. The molecule has 20 heavy (non-hydrogen) atoms. The number of halogens is 1. The van der Waals surface area contributed by atoms with E-state index in [0.717, 1.165) is 27.9 Å². The van der Waals surface area contributed by atoms with Crippen molar-refractivity contribution in [3.63, 3.8) is 0 Å². The van der Waals surface area contributed by atoms with E-state index in [1.807, 2.05) is 17.9 Å². The minimum absolute atomic E-state index is 0.236. The third-order valence-corrected chi connectivity index (χ3v) is 4.23. The lowest BCUT2D eigenvalue weighted by Crippen LogP contribution is -2.16. The molecule has 0 aliphatic rings. The van der Waals surface area contributed by atoms with Gasteiger partial charge in [-0.1, -0.05) is 31.3 Å². The van der Waals surface area contributed by atoms with E-state index >= 15 is 0 Å². The molecule has 1 heterocycles. The smallest absolute Gasteiger partial charge is 0.190 e. The highest BCUT2D eigenvalue weighted by molar-refractivity contribution is 7.15. The molecule has 108 valence electrons. The molecule has 2 N–H and O–H groups in total. The Kier molecular flexibility index (Phi) is 4.73. The number of hydrogen-bond acceptors (Lipinski definition) is 4. The van der Waals surface area contributed by atoms with Crippen LogP contribution in [0.2, 0.25) is 0 Å². The Hall–Kier alpha value is -1.46. The first-order valence-corrected chi connectivity index (χ1v) is 7.61. The predicted octanol–water partition coefficient (Wildman–Crippen LogP) is 4.02. The number of nitrogens with two attached hydrogens (primary N) is 1. The summed E-state index contributed by atoms with van der Waals surface area (Å²) in [5.41, 5.74) is 7.66. The van der Waals surface area contributed by atoms with Gasteiger partial charge >= 0.3 is 0 Å². The maximum absolute atomic E-state index is 13.4. The zero-order valence-electron chi connectivity index (χ0n) is 12.1. The quantitative estimate of drug-likeness (QED) is 0.905. The Balaban J connectivity index is 2.42. The van der Waals surface area contributed by atoms with Gasteiger partial charge in [0.1, 0.15) is 5.82 Å². The first-order valence-electron chi connectivity index (χ1n) is 6.79. The monoisotopic (exact) mass is 293 g/mol. The van der Waals surface area contributed by atoms with Crippen molar-refractivity contribution in [1.82, 2.24) is 4.98 Å². The molecule has 2 rings (SSSR count). The van der Waals surface area contributed by atoms with Crippen LogP contribution >= 0.6 is 11.3 Å².